The zero-order chi connectivity index (χ0) is 20.4. The third-order valence-electron chi connectivity index (χ3n) is 9.44. The lowest BCUT2D eigenvalue weighted by molar-refractivity contribution is -0.152. The highest BCUT2D eigenvalue weighted by Gasteiger charge is 2.62. The van der Waals surface area contributed by atoms with E-state index in [0.29, 0.717) is 36.9 Å². The number of ketones is 2. The maximum absolute atomic E-state index is 13.5. The molecule has 0 aromatic rings. The second-order valence-electron chi connectivity index (χ2n) is 11.0. The van der Waals surface area contributed by atoms with Crippen LogP contribution in [0.2, 0.25) is 0 Å². The minimum atomic E-state index is -0.438. The molecule has 4 heteroatoms. The Morgan fingerprint density at radius 3 is 2.52 bits per heavy atom. The third-order valence-corrected chi connectivity index (χ3v) is 9.44. The first kappa shape index (κ1) is 19.5. The van der Waals surface area contributed by atoms with E-state index in [1.165, 1.54) is 32.1 Å². The van der Waals surface area contributed by atoms with E-state index in [-0.39, 0.29) is 28.9 Å². The molecule has 1 amide bonds. The fourth-order valence-electron chi connectivity index (χ4n) is 7.89. The first-order valence-electron chi connectivity index (χ1n) is 11.9. The number of amides is 1. The van der Waals surface area contributed by atoms with E-state index in [0.717, 1.165) is 31.5 Å². The summed E-state index contributed by atoms with van der Waals surface area (Å²) in [6.07, 6.45) is 12.8. The van der Waals surface area contributed by atoms with Crippen molar-refractivity contribution in [3.63, 3.8) is 0 Å². The zero-order valence-corrected chi connectivity index (χ0v) is 18.0. The first-order valence-corrected chi connectivity index (χ1v) is 11.9. The first-order chi connectivity index (χ1) is 13.8. The van der Waals surface area contributed by atoms with Crippen LogP contribution in [0.1, 0.15) is 84.5 Å². The van der Waals surface area contributed by atoms with Crippen molar-refractivity contribution < 1.29 is 14.4 Å². The second-order valence-corrected chi connectivity index (χ2v) is 11.0. The van der Waals surface area contributed by atoms with E-state index in [4.69, 9.17) is 0 Å². The summed E-state index contributed by atoms with van der Waals surface area (Å²) in [7, 11) is 0. The Balaban J connectivity index is 1.48. The molecular formula is C25H35NO3. The van der Waals surface area contributed by atoms with Gasteiger partial charge in [0.2, 0.25) is 5.91 Å². The number of piperidine rings is 1. The fraction of sp³-hybridized carbons (Fsp3) is 0.800. The lowest BCUT2D eigenvalue weighted by Crippen LogP contribution is -2.58. The van der Waals surface area contributed by atoms with Crippen molar-refractivity contribution in [3.05, 3.63) is 11.8 Å². The molecule has 3 saturated carbocycles. The van der Waals surface area contributed by atoms with Gasteiger partial charge in [-0.25, -0.2) is 0 Å². The standard InChI is InChI=1S/C25H35NO3/c1-24-13-12-22(29)26(15-16-6-4-3-5-7-16)20(24)10-8-17-18-9-11-21(28)25(18,2)14-19(27)23(17)24/h10,16-18,23H,3-9,11-15H2,1-2H3/t17-,18-,23+,24-,25-/m0/s1. The van der Waals surface area contributed by atoms with Crippen LogP contribution in [0.3, 0.4) is 0 Å². The number of nitrogens with zero attached hydrogens (tertiary/aromatic N) is 1. The number of allylic oxidation sites excluding steroid dienone is 2. The van der Waals surface area contributed by atoms with Crippen molar-refractivity contribution in [2.75, 3.05) is 6.54 Å². The van der Waals surface area contributed by atoms with Crippen LogP contribution in [0.4, 0.5) is 0 Å². The van der Waals surface area contributed by atoms with E-state index >= 15 is 0 Å². The highest BCUT2D eigenvalue weighted by molar-refractivity contribution is 5.96. The molecule has 5 aliphatic rings. The van der Waals surface area contributed by atoms with Crippen molar-refractivity contribution in [2.24, 2.45) is 34.5 Å². The molecule has 1 saturated heterocycles. The molecule has 4 aliphatic carbocycles. The number of fused-ring (bicyclic) bond motifs is 5. The van der Waals surface area contributed by atoms with Gasteiger partial charge in [0.15, 0.2) is 0 Å². The van der Waals surface area contributed by atoms with Gasteiger partial charge in [-0.15, -0.1) is 0 Å². The summed E-state index contributed by atoms with van der Waals surface area (Å²) in [5.74, 6) is 2.01. The van der Waals surface area contributed by atoms with Gasteiger partial charge in [0.05, 0.1) is 0 Å². The lowest BCUT2D eigenvalue weighted by Gasteiger charge is -2.57. The minimum Gasteiger partial charge on any atom is -0.316 e. The molecule has 4 nitrogen and oxygen atoms in total. The van der Waals surface area contributed by atoms with Gasteiger partial charge in [-0.1, -0.05) is 39.2 Å². The highest BCUT2D eigenvalue weighted by Crippen LogP contribution is 2.62. The molecule has 5 atom stereocenters. The minimum absolute atomic E-state index is 0.0200. The Bertz CT molecular complexity index is 779. The van der Waals surface area contributed by atoms with Crippen LogP contribution in [0.15, 0.2) is 11.8 Å². The molecule has 0 spiro atoms. The Morgan fingerprint density at radius 1 is 1.00 bits per heavy atom. The summed E-state index contributed by atoms with van der Waals surface area (Å²) < 4.78 is 0. The second kappa shape index (κ2) is 6.78. The predicted molar refractivity (Wildman–Crippen MR) is 111 cm³/mol. The Labute approximate surface area is 174 Å². The number of likely N-dealkylation sites (tertiary alicyclic amines) is 1. The predicted octanol–water partition coefficient (Wildman–Crippen LogP) is 4.67. The number of hydrogen-bond acceptors (Lipinski definition) is 3. The zero-order valence-electron chi connectivity index (χ0n) is 18.0. The monoisotopic (exact) mass is 397 g/mol. The van der Waals surface area contributed by atoms with Gasteiger partial charge in [-0.05, 0) is 49.9 Å². The molecule has 4 fully saturated rings. The van der Waals surface area contributed by atoms with E-state index in [1.54, 1.807) is 0 Å². The van der Waals surface area contributed by atoms with Crippen LogP contribution >= 0.6 is 0 Å². The summed E-state index contributed by atoms with van der Waals surface area (Å²) in [6, 6.07) is 0. The third kappa shape index (κ3) is 2.80. The van der Waals surface area contributed by atoms with Gasteiger partial charge >= 0.3 is 0 Å². The topological polar surface area (TPSA) is 54.5 Å². The normalized spacial score (nSPS) is 43.0. The summed E-state index contributed by atoms with van der Waals surface area (Å²) in [5, 5.41) is 0. The van der Waals surface area contributed by atoms with Crippen molar-refractivity contribution >= 4 is 17.5 Å². The Morgan fingerprint density at radius 2 is 1.76 bits per heavy atom. The molecule has 0 unspecified atom stereocenters. The molecule has 1 aliphatic heterocycles. The van der Waals surface area contributed by atoms with E-state index in [1.807, 2.05) is 6.92 Å². The van der Waals surface area contributed by atoms with Crippen LogP contribution in [0.5, 0.6) is 0 Å². The van der Waals surface area contributed by atoms with E-state index in [2.05, 4.69) is 17.9 Å². The average Bonchev–Trinajstić information content (AvgIpc) is 2.99. The number of carbonyl (C=O) groups excluding carboxylic acids is 3. The molecule has 0 N–H and O–H groups in total. The van der Waals surface area contributed by atoms with Crippen molar-refractivity contribution in [3.8, 4) is 0 Å². The number of rotatable bonds is 2. The molecule has 5 rings (SSSR count). The largest absolute Gasteiger partial charge is 0.316 e. The van der Waals surface area contributed by atoms with Crippen molar-refractivity contribution in [1.82, 2.24) is 4.90 Å². The van der Waals surface area contributed by atoms with Crippen LogP contribution < -0.4 is 0 Å². The van der Waals surface area contributed by atoms with E-state index < -0.39 is 5.41 Å². The van der Waals surface area contributed by atoms with Gasteiger partial charge in [-0.3, -0.25) is 14.4 Å². The van der Waals surface area contributed by atoms with Crippen molar-refractivity contribution in [2.45, 2.75) is 84.5 Å². The quantitative estimate of drug-likeness (QED) is 0.680. The SMILES string of the molecule is C[C@]12CCC(=O)N(CC3CCCCC3)C1=CC[C@@H]1[C@@H]2C(=O)C[C@]2(C)C(=O)CC[C@@H]12. The Kier molecular flexibility index (Phi) is 4.56. The van der Waals surface area contributed by atoms with Gasteiger partial charge in [0.1, 0.15) is 11.6 Å². The maximum atomic E-state index is 13.5. The molecule has 158 valence electrons. The highest BCUT2D eigenvalue weighted by atomic mass is 16.2. The van der Waals surface area contributed by atoms with Gasteiger partial charge in [0, 0.05) is 48.3 Å². The van der Waals surface area contributed by atoms with Gasteiger partial charge in [-0.2, -0.15) is 0 Å². The fourth-order valence-corrected chi connectivity index (χ4v) is 7.89. The summed E-state index contributed by atoms with van der Waals surface area (Å²) >= 11 is 0. The number of carbonyl (C=O) groups is 3. The van der Waals surface area contributed by atoms with Gasteiger partial charge in [0.25, 0.3) is 0 Å². The number of hydrogen-bond donors (Lipinski definition) is 0. The lowest BCUT2D eigenvalue weighted by atomic mass is 9.49. The van der Waals surface area contributed by atoms with Crippen LogP contribution in [0.25, 0.3) is 0 Å². The average molecular weight is 398 g/mol. The maximum Gasteiger partial charge on any atom is 0.226 e. The molecule has 0 aromatic heterocycles. The smallest absolute Gasteiger partial charge is 0.226 e. The molecule has 0 radical (unpaired) electrons. The summed E-state index contributed by atoms with van der Waals surface area (Å²) in [4.78, 5) is 41.1. The summed E-state index contributed by atoms with van der Waals surface area (Å²) in [6.45, 7) is 5.13. The molecule has 0 aromatic carbocycles. The number of Topliss-reactive ketones (excluding diaryl/α,β-unsaturated/α-hetero) is 2. The molecule has 0 bridgehead atoms. The molecule has 1 heterocycles. The van der Waals surface area contributed by atoms with Crippen LogP contribution in [-0.4, -0.2) is 28.9 Å². The van der Waals surface area contributed by atoms with Crippen molar-refractivity contribution in [1.29, 1.82) is 0 Å². The van der Waals surface area contributed by atoms with E-state index in [9.17, 15) is 14.4 Å². The van der Waals surface area contributed by atoms with Crippen LogP contribution in [-0.2, 0) is 14.4 Å². The van der Waals surface area contributed by atoms with Crippen LogP contribution in [0, 0.1) is 34.5 Å². The Hall–Kier alpha value is -1.45. The molecular weight excluding hydrogens is 362 g/mol. The summed E-state index contributed by atoms with van der Waals surface area (Å²) in [5.41, 5.74) is 0.462. The molecule has 29 heavy (non-hydrogen) atoms. The van der Waals surface area contributed by atoms with Gasteiger partial charge < -0.3 is 4.90 Å².